The fraction of sp³-hybridized carbons (Fsp3) is 0.533. The van der Waals surface area contributed by atoms with Crippen molar-refractivity contribution in [2.45, 2.75) is 25.8 Å². The molecule has 1 heterocycles. The van der Waals surface area contributed by atoms with Crippen molar-refractivity contribution in [3.63, 3.8) is 0 Å². The first-order chi connectivity index (χ1) is 9.79. The molecule has 0 unspecified atom stereocenters. The van der Waals surface area contributed by atoms with Gasteiger partial charge in [0.2, 0.25) is 0 Å². The maximum absolute atomic E-state index is 8.67. The normalized spacial score (nSPS) is 16.7. The van der Waals surface area contributed by atoms with Crippen molar-refractivity contribution < 1.29 is 5.21 Å². The smallest absolute Gasteiger partial charge is 0.170 e. The summed E-state index contributed by atoms with van der Waals surface area (Å²) in [5.74, 6) is 0.154. The van der Waals surface area contributed by atoms with Gasteiger partial charge in [0.1, 0.15) is 0 Å². The predicted octanol–water partition coefficient (Wildman–Crippen LogP) is 1.36. The SMILES string of the molecule is NC(=NO)c1cccc(CNCCCN2CCCC2)c1. The Morgan fingerprint density at radius 3 is 2.90 bits per heavy atom. The summed E-state index contributed by atoms with van der Waals surface area (Å²) in [5.41, 5.74) is 7.49. The van der Waals surface area contributed by atoms with Crippen molar-refractivity contribution in [2.75, 3.05) is 26.2 Å². The average molecular weight is 276 g/mol. The lowest BCUT2D eigenvalue weighted by Gasteiger charge is -2.14. The molecule has 4 N–H and O–H groups in total. The maximum atomic E-state index is 8.67. The summed E-state index contributed by atoms with van der Waals surface area (Å²) in [6.07, 6.45) is 3.89. The molecule has 2 rings (SSSR count). The number of nitrogens with two attached hydrogens (primary N) is 1. The fourth-order valence-corrected chi connectivity index (χ4v) is 2.56. The summed E-state index contributed by atoms with van der Waals surface area (Å²) in [6.45, 7) is 5.55. The number of amidine groups is 1. The van der Waals surface area contributed by atoms with Gasteiger partial charge in [0.25, 0.3) is 0 Å². The number of oxime groups is 1. The van der Waals surface area contributed by atoms with Gasteiger partial charge in [-0.15, -0.1) is 0 Å². The number of nitrogens with zero attached hydrogens (tertiary/aromatic N) is 2. The van der Waals surface area contributed by atoms with Crippen molar-refractivity contribution in [3.8, 4) is 0 Å². The predicted molar refractivity (Wildman–Crippen MR) is 81.0 cm³/mol. The van der Waals surface area contributed by atoms with Crippen LogP contribution >= 0.6 is 0 Å². The highest BCUT2D eigenvalue weighted by atomic mass is 16.4. The van der Waals surface area contributed by atoms with Gasteiger partial charge < -0.3 is 21.2 Å². The van der Waals surface area contributed by atoms with Gasteiger partial charge in [-0.25, -0.2) is 0 Å². The summed E-state index contributed by atoms with van der Waals surface area (Å²) >= 11 is 0. The molecule has 1 aliphatic rings. The Balaban J connectivity index is 1.68. The van der Waals surface area contributed by atoms with E-state index in [9.17, 15) is 0 Å². The van der Waals surface area contributed by atoms with E-state index in [0.29, 0.717) is 0 Å². The molecule has 0 aliphatic carbocycles. The molecule has 0 atom stereocenters. The van der Waals surface area contributed by atoms with Crippen LogP contribution < -0.4 is 11.1 Å². The molecule has 20 heavy (non-hydrogen) atoms. The summed E-state index contributed by atoms with van der Waals surface area (Å²) in [5, 5.41) is 15.1. The van der Waals surface area contributed by atoms with Gasteiger partial charge in [-0.3, -0.25) is 0 Å². The highest BCUT2D eigenvalue weighted by Gasteiger charge is 2.09. The second-order valence-electron chi connectivity index (χ2n) is 5.26. The minimum Gasteiger partial charge on any atom is -0.409 e. The van der Waals surface area contributed by atoms with E-state index < -0.39 is 0 Å². The largest absolute Gasteiger partial charge is 0.409 e. The third-order valence-electron chi connectivity index (χ3n) is 3.69. The standard InChI is InChI=1S/C15H24N4O/c16-15(18-20)14-6-3-5-13(11-14)12-17-7-4-10-19-8-1-2-9-19/h3,5-6,11,17,20H,1-2,4,7-10,12H2,(H2,16,18). The minimum atomic E-state index is 0.154. The van der Waals surface area contributed by atoms with Crippen molar-refractivity contribution in [1.82, 2.24) is 10.2 Å². The number of likely N-dealkylation sites (tertiary alicyclic amines) is 1. The Hall–Kier alpha value is -1.59. The van der Waals surface area contributed by atoms with E-state index in [0.717, 1.165) is 24.2 Å². The summed E-state index contributed by atoms with van der Waals surface area (Å²) in [4.78, 5) is 2.53. The number of rotatable bonds is 7. The Kier molecular flexibility index (Phi) is 5.83. The van der Waals surface area contributed by atoms with Gasteiger partial charge in [0, 0.05) is 12.1 Å². The molecule has 0 amide bonds. The molecule has 5 nitrogen and oxygen atoms in total. The van der Waals surface area contributed by atoms with E-state index in [1.165, 1.54) is 38.9 Å². The van der Waals surface area contributed by atoms with Crippen molar-refractivity contribution in [2.24, 2.45) is 10.9 Å². The first-order valence-electron chi connectivity index (χ1n) is 7.29. The van der Waals surface area contributed by atoms with Crippen LogP contribution in [0.4, 0.5) is 0 Å². The molecule has 1 aromatic rings. The van der Waals surface area contributed by atoms with Gasteiger partial charge >= 0.3 is 0 Å². The maximum Gasteiger partial charge on any atom is 0.170 e. The zero-order valence-corrected chi connectivity index (χ0v) is 11.9. The van der Waals surface area contributed by atoms with Gasteiger partial charge in [-0.1, -0.05) is 23.4 Å². The lowest BCUT2D eigenvalue weighted by atomic mass is 10.1. The van der Waals surface area contributed by atoms with Gasteiger partial charge in [-0.05, 0) is 57.1 Å². The van der Waals surface area contributed by atoms with E-state index in [-0.39, 0.29) is 5.84 Å². The lowest BCUT2D eigenvalue weighted by Crippen LogP contribution is -2.24. The van der Waals surface area contributed by atoms with Crippen LogP contribution in [0.2, 0.25) is 0 Å². The Labute approximate surface area is 120 Å². The first-order valence-corrected chi connectivity index (χ1v) is 7.29. The molecule has 1 fully saturated rings. The summed E-state index contributed by atoms with van der Waals surface area (Å²) in [6, 6.07) is 7.75. The van der Waals surface area contributed by atoms with E-state index in [1.807, 2.05) is 24.3 Å². The third kappa shape index (κ3) is 4.51. The number of hydrogen-bond donors (Lipinski definition) is 3. The monoisotopic (exact) mass is 276 g/mol. The molecule has 1 aliphatic heterocycles. The van der Waals surface area contributed by atoms with Gasteiger partial charge in [0.05, 0.1) is 0 Å². The zero-order valence-electron chi connectivity index (χ0n) is 11.9. The van der Waals surface area contributed by atoms with Crippen LogP contribution in [0.5, 0.6) is 0 Å². The topological polar surface area (TPSA) is 73.9 Å². The molecule has 0 saturated carbocycles. The third-order valence-corrected chi connectivity index (χ3v) is 3.69. The number of hydrogen-bond acceptors (Lipinski definition) is 4. The van der Waals surface area contributed by atoms with Gasteiger partial charge in [-0.2, -0.15) is 0 Å². The molecule has 0 aromatic heterocycles. The fourth-order valence-electron chi connectivity index (χ4n) is 2.56. The Morgan fingerprint density at radius 2 is 2.15 bits per heavy atom. The van der Waals surface area contributed by atoms with Crippen LogP contribution in [0.3, 0.4) is 0 Å². The van der Waals surface area contributed by atoms with E-state index in [2.05, 4.69) is 15.4 Å². The molecule has 0 radical (unpaired) electrons. The first kappa shape index (κ1) is 14.8. The second-order valence-corrected chi connectivity index (χ2v) is 5.26. The highest BCUT2D eigenvalue weighted by Crippen LogP contribution is 2.07. The summed E-state index contributed by atoms with van der Waals surface area (Å²) < 4.78 is 0. The quantitative estimate of drug-likeness (QED) is 0.231. The van der Waals surface area contributed by atoms with Crippen molar-refractivity contribution >= 4 is 5.84 Å². The zero-order chi connectivity index (χ0) is 14.2. The van der Waals surface area contributed by atoms with Crippen LogP contribution in [-0.2, 0) is 6.54 Å². The van der Waals surface area contributed by atoms with E-state index in [4.69, 9.17) is 10.9 Å². The molecule has 1 aromatic carbocycles. The van der Waals surface area contributed by atoms with E-state index >= 15 is 0 Å². The van der Waals surface area contributed by atoms with Gasteiger partial charge in [0.15, 0.2) is 5.84 Å². The van der Waals surface area contributed by atoms with Crippen LogP contribution in [0.15, 0.2) is 29.4 Å². The Morgan fingerprint density at radius 1 is 1.35 bits per heavy atom. The van der Waals surface area contributed by atoms with Crippen LogP contribution in [0.1, 0.15) is 30.4 Å². The van der Waals surface area contributed by atoms with Crippen LogP contribution in [0, 0.1) is 0 Å². The minimum absolute atomic E-state index is 0.154. The van der Waals surface area contributed by atoms with Crippen LogP contribution in [0.25, 0.3) is 0 Å². The molecule has 0 spiro atoms. The molecule has 0 bridgehead atoms. The summed E-state index contributed by atoms with van der Waals surface area (Å²) in [7, 11) is 0. The van der Waals surface area contributed by atoms with Crippen molar-refractivity contribution in [3.05, 3.63) is 35.4 Å². The molecular formula is C15H24N4O. The Bertz CT molecular complexity index is 441. The van der Waals surface area contributed by atoms with Crippen molar-refractivity contribution in [1.29, 1.82) is 0 Å². The average Bonchev–Trinajstić information content (AvgIpc) is 2.99. The second kappa shape index (κ2) is 7.87. The molecule has 1 saturated heterocycles. The number of benzene rings is 1. The van der Waals surface area contributed by atoms with Crippen LogP contribution in [-0.4, -0.2) is 42.1 Å². The lowest BCUT2D eigenvalue weighted by molar-refractivity contribution is 0.318. The van der Waals surface area contributed by atoms with E-state index in [1.54, 1.807) is 0 Å². The highest BCUT2D eigenvalue weighted by molar-refractivity contribution is 5.97. The molecule has 5 heteroatoms. The molecule has 110 valence electrons. The molecular weight excluding hydrogens is 252 g/mol. The number of nitrogens with one attached hydrogen (secondary N) is 1.